The lowest BCUT2D eigenvalue weighted by Gasteiger charge is -2.34. The molecule has 0 atom stereocenters. The summed E-state index contributed by atoms with van der Waals surface area (Å²) < 4.78 is 0. The normalized spacial score (nSPS) is 12.1. The number of rotatable bonds is 4. The molecule has 48 heavy (non-hydrogen) atoms. The zero-order valence-corrected chi connectivity index (χ0v) is 26.2. The minimum absolute atomic E-state index is 1.11. The van der Waals surface area contributed by atoms with E-state index in [1.165, 1.54) is 65.6 Å². The van der Waals surface area contributed by atoms with Gasteiger partial charge in [0.15, 0.2) is 0 Å². The van der Waals surface area contributed by atoms with Crippen molar-refractivity contribution in [1.82, 2.24) is 0 Å². The molecule has 0 aromatic heterocycles. The van der Waals surface area contributed by atoms with Crippen molar-refractivity contribution in [2.75, 3.05) is 9.80 Å². The highest BCUT2D eigenvalue weighted by Gasteiger charge is 2.27. The Hall–Kier alpha value is -6.38. The standard InChI is InChI=1S/C46H30N2/c1-2-13-35-30-38(24-22-31(35)10-1)47(42-20-8-14-32-11-3-5-17-39(32)42)36-25-27-37(28-26-36)48-43-21-9-16-34-15-7-19-41(45(34)43)46-40-18-6-4-12-33(40)23-29-44(46)48/h1-30H. The van der Waals surface area contributed by atoms with E-state index in [1.54, 1.807) is 0 Å². The monoisotopic (exact) mass is 610 g/mol. The van der Waals surface area contributed by atoms with Crippen LogP contribution in [0.5, 0.6) is 0 Å². The van der Waals surface area contributed by atoms with Gasteiger partial charge in [-0.05, 0) is 92.5 Å². The van der Waals surface area contributed by atoms with E-state index in [1.807, 2.05) is 0 Å². The Balaban J connectivity index is 1.18. The fourth-order valence-electron chi connectivity index (χ4n) is 7.75. The SMILES string of the molecule is c1ccc2cc(N(c3ccc(N4c5ccc6ccccc6c5-c5cccc6cccc4c56)cc3)c3cccc4ccccc34)ccc2c1. The molecule has 9 aromatic carbocycles. The van der Waals surface area contributed by atoms with Crippen molar-refractivity contribution in [3.63, 3.8) is 0 Å². The number of fused-ring (bicyclic) bond motifs is 6. The summed E-state index contributed by atoms with van der Waals surface area (Å²) in [5.41, 5.74) is 9.52. The summed E-state index contributed by atoms with van der Waals surface area (Å²) in [5.74, 6) is 0. The Morgan fingerprint density at radius 3 is 1.81 bits per heavy atom. The van der Waals surface area contributed by atoms with Gasteiger partial charge in [0.25, 0.3) is 0 Å². The van der Waals surface area contributed by atoms with Crippen molar-refractivity contribution in [3.8, 4) is 11.1 Å². The van der Waals surface area contributed by atoms with Crippen LogP contribution in [-0.4, -0.2) is 0 Å². The van der Waals surface area contributed by atoms with Gasteiger partial charge in [-0.25, -0.2) is 0 Å². The fourth-order valence-corrected chi connectivity index (χ4v) is 7.75. The minimum atomic E-state index is 1.11. The smallest absolute Gasteiger partial charge is 0.0547 e. The zero-order valence-electron chi connectivity index (χ0n) is 26.2. The third kappa shape index (κ3) is 4.06. The molecule has 9 aromatic rings. The van der Waals surface area contributed by atoms with E-state index < -0.39 is 0 Å². The quantitative estimate of drug-likeness (QED) is 0.196. The van der Waals surface area contributed by atoms with Crippen LogP contribution in [0.1, 0.15) is 0 Å². The van der Waals surface area contributed by atoms with Crippen molar-refractivity contribution >= 4 is 77.2 Å². The Morgan fingerprint density at radius 1 is 0.375 bits per heavy atom. The number of hydrogen-bond donors (Lipinski definition) is 0. The van der Waals surface area contributed by atoms with E-state index in [0.717, 1.165) is 22.7 Å². The third-order valence-electron chi connectivity index (χ3n) is 9.91. The van der Waals surface area contributed by atoms with Gasteiger partial charge in [0.05, 0.1) is 17.1 Å². The molecule has 1 aliphatic heterocycles. The zero-order chi connectivity index (χ0) is 31.6. The molecule has 0 aliphatic carbocycles. The molecule has 0 radical (unpaired) electrons. The topological polar surface area (TPSA) is 6.48 Å². The molecule has 0 spiro atoms. The van der Waals surface area contributed by atoms with E-state index in [-0.39, 0.29) is 0 Å². The summed E-state index contributed by atoms with van der Waals surface area (Å²) in [4.78, 5) is 4.84. The van der Waals surface area contributed by atoms with Crippen molar-refractivity contribution in [2.24, 2.45) is 0 Å². The van der Waals surface area contributed by atoms with E-state index in [0.29, 0.717) is 0 Å². The molecule has 0 saturated heterocycles. The first-order chi connectivity index (χ1) is 23.8. The highest BCUT2D eigenvalue weighted by Crippen LogP contribution is 2.53. The van der Waals surface area contributed by atoms with Crippen LogP contribution in [0.2, 0.25) is 0 Å². The summed E-state index contributed by atoms with van der Waals surface area (Å²) in [7, 11) is 0. The van der Waals surface area contributed by atoms with Crippen molar-refractivity contribution in [1.29, 1.82) is 0 Å². The first kappa shape index (κ1) is 26.8. The molecule has 0 unspecified atom stereocenters. The summed E-state index contributed by atoms with van der Waals surface area (Å²) in [6, 6.07) is 66.3. The average Bonchev–Trinajstić information content (AvgIpc) is 3.15. The lowest BCUT2D eigenvalue weighted by molar-refractivity contribution is 1.27. The highest BCUT2D eigenvalue weighted by atomic mass is 15.2. The third-order valence-corrected chi connectivity index (χ3v) is 9.91. The largest absolute Gasteiger partial charge is 0.310 e. The molecular weight excluding hydrogens is 581 g/mol. The van der Waals surface area contributed by atoms with E-state index in [4.69, 9.17) is 0 Å². The maximum absolute atomic E-state index is 2.44. The van der Waals surface area contributed by atoms with Gasteiger partial charge in [0.1, 0.15) is 0 Å². The number of nitrogens with zero attached hydrogens (tertiary/aromatic N) is 2. The molecule has 0 amide bonds. The van der Waals surface area contributed by atoms with Crippen LogP contribution >= 0.6 is 0 Å². The van der Waals surface area contributed by atoms with Crippen LogP contribution in [0.4, 0.5) is 34.1 Å². The lowest BCUT2D eigenvalue weighted by atomic mass is 9.87. The maximum Gasteiger partial charge on any atom is 0.0547 e. The van der Waals surface area contributed by atoms with E-state index in [2.05, 4.69) is 192 Å². The molecule has 2 heteroatoms. The number of anilines is 6. The molecule has 2 nitrogen and oxygen atoms in total. The van der Waals surface area contributed by atoms with Gasteiger partial charge >= 0.3 is 0 Å². The molecule has 1 heterocycles. The minimum Gasteiger partial charge on any atom is -0.310 e. The van der Waals surface area contributed by atoms with Gasteiger partial charge in [-0.2, -0.15) is 0 Å². The predicted molar refractivity (Wildman–Crippen MR) is 205 cm³/mol. The Labute approximate surface area is 279 Å². The predicted octanol–water partition coefficient (Wildman–Crippen LogP) is 13.2. The Kier molecular flexibility index (Phi) is 5.91. The molecule has 0 N–H and O–H groups in total. The molecule has 224 valence electrons. The summed E-state index contributed by atoms with van der Waals surface area (Å²) in [5, 5.41) is 9.98. The van der Waals surface area contributed by atoms with Crippen LogP contribution in [-0.2, 0) is 0 Å². The number of benzene rings is 9. The average molecular weight is 611 g/mol. The van der Waals surface area contributed by atoms with Crippen molar-refractivity contribution < 1.29 is 0 Å². The van der Waals surface area contributed by atoms with Gasteiger partial charge in [0, 0.05) is 33.4 Å². The van der Waals surface area contributed by atoms with Gasteiger partial charge in [0.2, 0.25) is 0 Å². The van der Waals surface area contributed by atoms with Crippen molar-refractivity contribution in [2.45, 2.75) is 0 Å². The second kappa shape index (κ2) is 10.6. The second-order valence-electron chi connectivity index (χ2n) is 12.6. The van der Waals surface area contributed by atoms with Crippen molar-refractivity contribution in [3.05, 3.63) is 182 Å². The van der Waals surface area contributed by atoms with Crippen LogP contribution < -0.4 is 9.80 Å². The second-order valence-corrected chi connectivity index (χ2v) is 12.6. The Bertz CT molecular complexity index is 2660. The Morgan fingerprint density at radius 2 is 0.979 bits per heavy atom. The van der Waals surface area contributed by atoms with Crippen LogP contribution in [0.3, 0.4) is 0 Å². The van der Waals surface area contributed by atoms with Crippen LogP contribution in [0, 0.1) is 0 Å². The van der Waals surface area contributed by atoms with Gasteiger partial charge in [-0.1, -0.05) is 127 Å². The van der Waals surface area contributed by atoms with E-state index >= 15 is 0 Å². The first-order valence-electron chi connectivity index (χ1n) is 16.5. The lowest BCUT2D eigenvalue weighted by Crippen LogP contribution is -2.16. The van der Waals surface area contributed by atoms with Gasteiger partial charge in [-0.3, -0.25) is 0 Å². The molecular formula is C46H30N2. The molecule has 10 rings (SSSR count). The van der Waals surface area contributed by atoms with Gasteiger partial charge in [-0.15, -0.1) is 0 Å². The summed E-state index contributed by atoms with van der Waals surface area (Å²) in [6.07, 6.45) is 0. The molecule has 0 bridgehead atoms. The first-order valence-corrected chi connectivity index (χ1v) is 16.5. The summed E-state index contributed by atoms with van der Waals surface area (Å²) in [6.45, 7) is 0. The van der Waals surface area contributed by atoms with Gasteiger partial charge < -0.3 is 9.80 Å². The summed E-state index contributed by atoms with van der Waals surface area (Å²) >= 11 is 0. The van der Waals surface area contributed by atoms with E-state index in [9.17, 15) is 0 Å². The maximum atomic E-state index is 2.44. The molecule has 0 fully saturated rings. The number of hydrogen-bond acceptors (Lipinski definition) is 2. The fraction of sp³-hybridized carbons (Fsp3) is 0. The molecule has 0 saturated carbocycles. The van der Waals surface area contributed by atoms with Crippen LogP contribution in [0.15, 0.2) is 182 Å². The molecule has 1 aliphatic rings. The van der Waals surface area contributed by atoms with Crippen LogP contribution in [0.25, 0.3) is 54.2 Å². The highest BCUT2D eigenvalue weighted by molar-refractivity contribution is 6.19.